The van der Waals surface area contributed by atoms with Gasteiger partial charge in [0.15, 0.2) is 5.82 Å². The van der Waals surface area contributed by atoms with E-state index in [0.29, 0.717) is 5.69 Å². The maximum Gasteiger partial charge on any atom is 0.280 e. The number of anilines is 3. The van der Waals surface area contributed by atoms with Crippen LogP contribution in [0.15, 0.2) is 4.79 Å². The molecule has 2 N–H and O–H groups in total. The van der Waals surface area contributed by atoms with E-state index in [1.54, 1.807) is 7.05 Å². The molecule has 1 unspecified atom stereocenters. The summed E-state index contributed by atoms with van der Waals surface area (Å²) in [7, 11) is 4.36. The third-order valence-corrected chi connectivity index (χ3v) is 4.26. The van der Waals surface area contributed by atoms with Crippen LogP contribution in [-0.2, 0) is 7.05 Å². The molecule has 1 aliphatic heterocycles. The number of aromatic nitrogens is 2. The van der Waals surface area contributed by atoms with E-state index in [1.807, 2.05) is 18.9 Å². The van der Waals surface area contributed by atoms with Crippen molar-refractivity contribution in [2.45, 2.75) is 13.1 Å². The molecular formula is C8H15N5OSi. The lowest BCUT2D eigenvalue weighted by molar-refractivity contribution is 0.754. The minimum Gasteiger partial charge on any atom is -0.371 e. The lowest BCUT2D eigenvalue weighted by Gasteiger charge is -2.22. The summed E-state index contributed by atoms with van der Waals surface area (Å²) in [5.74, 6) is 0.986. The van der Waals surface area contributed by atoms with Gasteiger partial charge >= 0.3 is 0 Å². The Morgan fingerprint density at radius 2 is 2.07 bits per heavy atom. The molecule has 2 heterocycles. The average molecular weight is 225 g/mol. The summed E-state index contributed by atoms with van der Waals surface area (Å²) in [4.78, 5) is 18.2. The van der Waals surface area contributed by atoms with Crippen molar-refractivity contribution in [1.82, 2.24) is 9.55 Å². The fraction of sp³-hybridized carbons (Fsp3) is 0.500. The van der Waals surface area contributed by atoms with Crippen LogP contribution in [0.1, 0.15) is 6.92 Å². The van der Waals surface area contributed by atoms with Gasteiger partial charge in [-0.1, -0.05) is 0 Å². The fourth-order valence-corrected chi connectivity index (χ4v) is 2.43. The van der Waals surface area contributed by atoms with Crippen LogP contribution in [0.3, 0.4) is 0 Å². The van der Waals surface area contributed by atoms with Gasteiger partial charge in [0.25, 0.3) is 5.56 Å². The van der Waals surface area contributed by atoms with Gasteiger partial charge in [0.1, 0.15) is 16.1 Å². The van der Waals surface area contributed by atoms with Crippen molar-refractivity contribution in [3.05, 3.63) is 10.4 Å². The van der Waals surface area contributed by atoms with Gasteiger partial charge in [-0.05, 0) is 6.92 Å². The smallest absolute Gasteiger partial charge is 0.280 e. The number of rotatable bonds is 0. The van der Waals surface area contributed by atoms with Gasteiger partial charge in [-0.15, -0.1) is 0 Å². The Morgan fingerprint density at radius 3 is 2.67 bits per heavy atom. The van der Waals surface area contributed by atoms with Gasteiger partial charge in [0.05, 0.1) is 6.17 Å². The highest BCUT2D eigenvalue weighted by Crippen LogP contribution is 2.32. The van der Waals surface area contributed by atoms with Crippen LogP contribution < -0.4 is 20.8 Å². The molecule has 1 aromatic heterocycles. The van der Waals surface area contributed by atoms with Gasteiger partial charge in [-0.25, -0.2) is 0 Å². The van der Waals surface area contributed by atoms with Crippen LogP contribution >= 0.6 is 0 Å². The highest BCUT2D eigenvalue weighted by atomic mass is 28.2. The quantitative estimate of drug-likeness (QED) is 0.530. The van der Waals surface area contributed by atoms with Crippen LogP contribution in [0, 0.1) is 0 Å². The van der Waals surface area contributed by atoms with Gasteiger partial charge < -0.3 is 15.2 Å². The minimum absolute atomic E-state index is 0.0785. The van der Waals surface area contributed by atoms with Gasteiger partial charge in [0.2, 0.25) is 5.95 Å². The van der Waals surface area contributed by atoms with Crippen molar-refractivity contribution < 1.29 is 0 Å². The van der Waals surface area contributed by atoms with Crippen LogP contribution in [0.2, 0.25) is 0 Å². The molecule has 0 radical (unpaired) electrons. The summed E-state index contributed by atoms with van der Waals surface area (Å²) < 4.78 is 3.45. The first-order valence-corrected chi connectivity index (χ1v) is 5.66. The van der Waals surface area contributed by atoms with Gasteiger partial charge in [0, 0.05) is 14.1 Å². The molecule has 0 amide bonds. The Kier molecular flexibility index (Phi) is 2.00. The number of nitrogen functional groups attached to an aromatic ring is 1. The molecule has 7 heteroatoms. The highest BCUT2D eigenvalue weighted by Gasteiger charge is 2.32. The molecule has 1 aromatic rings. The first kappa shape index (κ1) is 10.0. The number of nitrogens with two attached hydrogens (primary N) is 1. The average Bonchev–Trinajstić information content (AvgIpc) is 2.40. The van der Waals surface area contributed by atoms with Crippen LogP contribution in [0.25, 0.3) is 0 Å². The fourth-order valence-electron chi connectivity index (χ4n) is 1.77. The summed E-state index contributed by atoms with van der Waals surface area (Å²) in [6, 6.07) is 0. The Balaban J connectivity index is 2.76. The Morgan fingerprint density at radius 1 is 1.47 bits per heavy atom. The lowest BCUT2D eigenvalue weighted by Crippen LogP contribution is -2.38. The van der Waals surface area contributed by atoms with E-state index < -0.39 is 0 Å². The normalized spacial score (nSPS) is 19.8. The van der Waals surface area contributed by atoms with E-state index in [2.05, 4.69) is 9.55 Å². The van der Waals surface area contributed by atoms with Crippen LogP contribution in [-0.4, -0.2) is 33.2 Å². The monoisotopic (exact) mass is 225 g/mol. The summed E-state index contributed by atoms with van der Waals surface area (Å²) >= 11 is 0. The van der Waals surface area contributed by atoms with Crippen LogP contribution in [0.5, 0.6) is 0 Å². The maximum atomic E-state index is 12.0. The molecule has 1 aliphatic rings. The number of hydrogen-bond donors (Lipinski definition) is 1. The SMILES string of the molecule is CC1N(C)c2c(nc(N)n(C)c2=O)N1[SiH3]. The molecule has 0 bridgehead atoms. The molecular weight excluding hydrogens is 210 g/mol. The molecule has 2 rings (SSSR count). The maximum absolute atomic E-state index is 12.0. The third-order valence-electron chi connectivity index (χ3n) is 3.09. The third kappa shape index (κ3) is 1.16. The second-order valence-corrected chi connectivity index (χ2v) is 4.82. The van der Waals surface area contributed by atoms with E-state index in [-0.39, 0.29) is 17.7 Å². The molecule has 0 aromatic carbocycles. The number of nitrogens with zero attached hydrogens (tertiary/aromatic N) is 4. The summed E-state index contributed by atoms with van der Waals surface area (Å²) in [6.45, 7) is 2.05. The molecule has 15 heavy (non-hydrogen) atoms. The Bertz CT molecular complexity index is 471. The van der Waals surface area contributed by atoms with Crippen LogP contribution in [0.4, 0.5) is 17.5 Å². The summed E-state index contributed by atoms with van der Waals surface area (Å²) in [5.41, 5.74) is 6.24. The van der Waals surface area contributed by atoms with Crippen molar-refractivity contribution in [1.29, 1.82) is 0 Å². The summed E-state index contributed by atoms with van der Waals surface area (Å²) in [5, 5.41) is 0. The number of hydrogen-bond acceptors (Lipinski definition) is 5. The van der Waals surface area contributed by atoms with Crippen molar-refractivity contribution in [2.75, 3.05) is 22.2 Å². The van der Waals surface area contributed by atoms with Gasteiger partial charge in [-0.3, -0.25) is 9.36 Å². The second-order valence-electron chi connectivity index (χ2n) is 3.86. The Labute approximate surface area is 90.8 Å². The molecule has 6 nitrogen and oxygen atoms in total. The number of fused-ring (bicyclic) bond motifs is 1. The summed E-state index contributed by atoms with van der Waals surface area (Å²) in [6.07, 6.45) is 0.189. The molecule has 82 valence electrons. The van der Waals surface area contributed by atoms with Gasteiger partial charge in [-0.2, -0.15) is 4.98 Å². The molecule has 1 atom stereocenters. The van der Waals surface area contributed by atoms with E-state index in [4.69, 9.17) is 5.73 Å². The predicted molar refractivity (Wildman–Crippen MR) is 64.2 cm³/mol. The second kappa shape index (κ2) is 2.99. The van der Waals surface area contributed by atoms with Crippen molar-refractivity contribution >= 4 is 27.9 Å². The Hall–Kier alpha value is -1.50. The van der Waals surface area contributed by atoms with Crippen molar-refractivity contribution in [2.24, 2.45) is 7.05 Å². The molecule has 0 aliphatic carbocycles. The zero-order valence-electron chi connectivity index (χ0n) is 9.35. The van der Waals surface area contributed by atoms with E-state index in [1.165, 1.54) is 4.57 Å². The molecule has 0 saturated carbocycles. The minimum atomic E-state index is -0.0785. The first-order chi connectivity index (χ1) is 6.95. The lowest BCUT2D eigenvalue weighted by atomic mass is 10.4. The first-order valence-electron chi connectivity index (χ1n) is 4.77. The topological polar surface area (TPSA) is 67.4 Å². The molecule has 0 saturated heterocycles. The molecule has 0 fully saturated rings. The van der Waals surface area contributed by atoms with E-state index in [0.717, 1.165) is 16.2 Å². The van der Waals surface area contributed by atoms with Crippen molar-refractivity contribution in [3.8, 4) is 0 Å². The predicted octanol–water partition coefficient (Wildman–Crippen LogP) is -1.75. The zero-order chi connectivity index (χ0) is 11.3. The zero-order valence-corrected chi connectivity index (χ0v) is 11.4. The highest BCUT2D eigenvalue weighted by molar-refractivity contribution is 6.20. The van der Waals surface area contributed by atoms with Crippen molar-refractivity contribution in [3.63, 3.8) is 0 Å². The largest absolute Gasteiger partial charge is 0.371 e. The standard InChI is InChI=1S/C8H15N5OSi/c1-4-11(2)5-6(13(4)15)10-8(9)12(3)7(5)14/h4H,1-3,15H3,(H2,9,10). The molecule has 0 spiro atoms. The van der Waals surface area contributed by atoms with E-state index >= 15 is 0 Å². The van der Waals surface area contributed by atoms with E-state index in [9.17, 15) is 4.79 Å².